The largest absolute Gasteiger partial charge is 0.466 e. The van der Waals surface area contributed by atoms with Gasteiger partial charge in [-0.3, -0.25) is 0 Å². The highest BCUT2D eigenvalue weighted by Gasteiger charge is 2.37. The molecule has 1 saturated carbocycles. The molecule has 82 valence electrons. The van der Waals surface area contributed by atoms with E-state index in [1.807, 2.05) is 6.92 Å². The zero-order valence-corrected chi connectivity index (χ0v) is 9.16. The molecule has 5 nitrogen and oxygen atoms in total. The fraction of sp³-hybridized carbons (Fsp3) is 0.700. The molecule has 0 amide bonds. The van der Waals surface area contributed by atoms with Crippen molar-refractivity contribution in [1.82, 2.24) is 15.2 Å². The van der Waals surface area contributed by atoms with Crippen LogP contribution >= 0.6 is 0 Å². The van der Waals surface area contributed by atoms with Gasteiger partial charge in [0.25, 0.3) is 0 Å². The molecule has 1 aliphatic rings. The van der Waals surface area contributed by atoms with E-state index in [-0.39, 0.29) is 5.54 Å². The maximum absolute atomic E-state index is 6.01. The predicted octanol–water partition coefficient (Wildman–Crippen LogP) is 0.613. The smallest absolute Gasteiger partial charge is 0.335 e. The number of nitrogens with zero attached hydrogens (tertiary/aromatic N) is 3. The number of aryl methyl sites for hydroxylation is 2. The molecular weight excluding hydrogens is 192 g/mol. The molecule has 0 saturated heterocycles. The molecule has 0 atom stereocenters. The van der Waals surface area contributed by atoms with Crippen molar-refractivity contribution in [2.45, 2.75) is 38.1 Å². The Labute approximate surface area is 89.1 Å². The summed E-state index contributed by atoms with van der Waals surface area (Å²) in [4.78, 5) is 4.18. The van der Waals surface area contributed by atoms with Crippen molar-refractivity contribution in [3.8, 4) is 6.01 Å². The first kappa shape index (κ1) is 10.3. The fourth-order valence-electron chi connectivity index (χ4n) is 1.50. The fourth-order valence-corrected chi connectivity index (χ4v) is 1.50. The Morgan fingerprint density at radius 3 is 2.67 bits per heavy atom. The van der Waals surface area contributed by atoms with Crippen LogP contribution in [0.2, 0.25) is 0 Å². The normalized spacial score (nSPS) is 17.5. The van der Waals surface area contributed by atoms with E-state index in [9.17, 15) is 0 Å². The summed E-state index contributed by atoms with van der Waals surface area (Å²) in [7, 11) is 1.54. The lowest BCUT2D eigenvalue weighted by molar-refractivity contribution is 0.370. The van der Waals surface area contributed by atoms with Gasteiger partial charge in [0.05, 0.1) is 18.5 Å². The average Bonchev–Trinajstić information content (AvgIpc) is 2.95. The van der Waals surface area contributed by atoms with E-state index in [1.165, 1.54) is 7.11 Å². The van der Waals surface area contributed by atoms with Crippen molar-refractivity contribution >= 4 is 0 Å². The first-order valence-corrected chi connectivity index (χ1v) is 5.16. The van der Waals surface area contributed by atoms with Crippen LogP contribution in [0.25, 0.3) is 0 Å². The lowest BCUT2D eigenvalue weighted by atomic mass is 10.1. The Hall–Kier alpha value is -1.23. The zero-order chi connectivity index (χ0) is 10.9. The molecule has 5 heteroatoms. The summed E-state index contributed by atoms with van der Waals surface area (Å²) >= 11 is 0. The molecule has 1 aromatic rings. The highest BCUT2D eigenvalue weighted by Crippen LogP contribution is 2.36. The summed E-state index contributed by atoms with van der Waals surface area (Å²) in [5.74, 6) is 0. The van der Waals surface area contributed by atoms with E-state index in [2.05, 4.69) is 15.2 Å². The quantitative estimate of drug-likeness (QED) is 0.784. The lowest BCUT2D eigenvalue weighted by Gasteiger charge is -2.08. The van der Waals surface area contributed by atoms with Gasteiger partial charge < -0.3 is 10.5 Å². The van der Waals surface area contributed by atoms with Crippen molar-refractivity contribution in [3.63, 3.8) is 0 Å². The third-order valence-corrected chi connectivity index (χ3v) is 2.87. The molecule has 1 heterocycles. The second-order valence-electron chi connectivity index (χ2n) is 4.19. The number of methoxy groups -OCH3 is 1. The molecule has 1 aliphatic carbocycles. The molecule has 0 bridgehead atoms. The summed E-state index contributed by atoms with van der Waals surface area (Å²) in [6.07, 6.45) is 4.08. The number of rotatable bonds is 4. The van der Waals surface area contributed by atoms with E-state index in [0.29, 0.717) is 6.01 Å². The van der Waals surface area contributed by atoms with Crippen molar-refractivity contribution in [2.24, 2.45) is 5.73 Å². The lowest BCUT2D eigenvalue weighted by Crippen LogP contribution is -2.22. The van der Waals surface area contributed by atoms with Gasteiger partial charge >= 0.3 is 6.01 Å². The second-order valence-corrected chi connectivity index (χ2v) is 4.19. The molecule has 0 aromatic carbocycles. The Morgan fingerprint density at radius 1 is 1.40 bits per heavy atom. The molecule has 0 unspecified atom stereocenters. The van der Waals surface area contributed by atoms with Crippen LogP contribution in [0.3, 0.4) is 0 Å². The topological polar surface area (TPSA) is 73.9 Å². The zero-order valence-electron chi connectivity index (χ0n) is 9.16. The summed E-state index contributed by atoms with van der Waals surface area (Å²) in [5, 5.41) is 7.94. The molecule has 0 aliphatic heterocycles. The van der Waals surface area contributed by atoms with E-state index < -0.39 is 0 Å². The van der Waals surface area contributed by atoms with Crippen LogP contribution in [0.1, 0.15) is 30.7 Å². The second kappa shape index (κ2) is 3.73. The summed E-state index contributed by atoms with van der Waals surface area (Å²) < 4.78 is 4.90. The standard InChI is InChI=1S/C10H16N4O/c1-7-8(3-4-10(11)5-6-10)13-14-9(12-7)15-2/h3-6,11H2,1-2H3. The van der Waals surface area contributed by atoms with Crippen LogP contribution in [0, 0.1) is 6.92 Å². The molecule has 2 rings (SSSR count). The number of aromatic nitrogens is 3. The molecule has 0 radical (unpaired) electrons. The predicted molar refractivity (Wildman–Crippen MR) is 55.6 cm³/mol. The van der Waals surface area contributed by atoms with Crippen LogP contribution in [-0.2, 0) is 6.42 Å². The van der Waals surface area contributed by atoms with E-state index >= 15 is 0 Å². The Kier molecular flexibility index (Phi) is 2.56. The molecular formula is C10H16N4O. The van der Waals surface area contributed by atoms with Crippen molar-refractivity contribution in [1.29, 1.82) is 0 Å². The number of hydrogen-bond donors (Lipinski definition) is 1. The minimum absolute atomic E-state index is 0.0635. The van der Waals surface area contributed by atoms with Gasteiger partial charge in [-0.2, -0.15) is 4.98 Å². The highest BCUT2D eigenvalue weighted by atomic mass is 16.5. The monoisotopic (exact) mass is 208 g/mol. The van der Waals surface area contributed by atoms with Gasteiger partial charge in [-0.15, -0.1) is 5.10 Å². The average molecular weight is 208 g/mol. The number of ether oxygens (including phenoxy) is 1. The van der Waals surface area contributed by atoms with Crippen molar-refractivity contribution < 1.29 is 4.74 Å². The maximum atomic E-state index is 6.01. The first-order valence-electron chi connectivity index (χ1n) is 5.16. The first-order chi connectivity index (χ1) is 7.13. The van der Waals surface area contributed by atoms with Crippen LogP contribution in [-0.4, -0.2) is 27.8 Å². The summed E-state index contributed by atoms with van der Waals surface area (Å²) in [6.45, 7) is 1.92. The molecule has 0 spiro atoms. The van der Waals surface area contributed by atoms with E-state index in [0.717, 1.165) is 37.1 Å². The third kappa shape index (κ3) is 2.41. The van der Waals surface area contributed by atoms with Crippen LogP contribution < -0.4 is 10.5 Å². The van der Waals surface area contributed by atoms with Gasteiger partial charge in [-0.1, -0.05) is 5.10 Å². The van der Waals surface area contributed by atoms with Gasteiger partial charge in [0.1, 0.15) is 0 Å². The SMILES string of the molecule is COc1nnc(CCC2(N)CC2)c(C)n1. The molecule has 1 aromatic heterocycles. The molecule has 2 N–H and O–H groups in total. The van der Waals surface area contributed by atoms with E-state index in [4.69, 9.17) is 10.5 Å². The van der Waals surface area contributed by atoms with Crippen molar-refractivity contribution in [3.05, 3.63) is 11.4 Å². The minimum Gasteiger partial charge on any atom is -0.466 e. The van der Waals surface area contributed by atoms with Crippen molar-refractivity contribution in [2.75, 3.05) is 7.11 Å². The van der Waals surface area contributed by atoms with Gasteiger partial charge in [-0.05, 0) is 32.6 Å². The summed E-state index contributed by atoms with van der Waals surface area (Å²) in [6, 6.07) is 0.324. The molecule has 15 heavy (non-hydrogen) atoms. The maximum Gasteiger partial charge on any atom is 0.335 e. The summed E-state index contributed by atoms with van der Waals surface area (Å²) in [5.41, 5.74) is 7.88. The van der Waals surface area contributed by atoms with Gasteiger partial charge in [0.2, 0.25) is 0 Å². The highest BCUT2D eigenvalue weighted by molar-refractivity contribution is 5.12. The van der Waals surface area contributed by atoms with Gasteiger partial charge in [-0.25, -0.2) is 0 Å². The van der Waals surface area contributed by atoms with Crippen LogP contribution in [0.15, 0.2) is 0 Å². The van der Waals surface area contributed by atoms with Gasteiger partial charge in [0.15, 0.2) is 0 Å². The number of hydrogen-bond acceptors (Lipinski definition) is 5. The van der Waals surface area contributed by atoms with Crippen LogP contribution in [0.4, 0.5) is 0 Å². The minimum atomic E-state index is 0.0635. The Balaban J connectivity index is 2.01. The van der Waals surface area contributed by atoms with Crippen LogP contribution in [0.5, 0.6) is 6.01 Å². The number of nitrogens with two attached hydrogens (primary N) is 1. The Bertz CT molecular complexity index is 362. The van der Waals surface area contributed by atoms with Gasteiger partial charge in [0, 0.05) is 5.54 Å². The third-order valence-electron chi connectivity index (χ3n) is 2.87. The molecule has 1 fully saturated rings. The Morgan fingerprint density at radius 2 is 2.13 bits per heavy atom. The van der Waals surface area contributed by atoms with E-state index in [1.54, 1.807) is 0 Å².